The maximum absolute atomic E-state index is 12.4. The van der Waals surface area contributed by atoms with Gasteiger partial charge in [0.15, 0.2) is 18.1 Å². The van der Waals surface area contributed by atoms with Crippen LogP contribution in [0.4, 0.5) is 0 Å². The molecule has 0 saturated heterocycles. The monoisotopic (exact) mass is 466 g/mol. The fourth-order valence-electron chi connectivity index (χ4n) is 4.25. The molecule has 2 N–H and O–H groups in total. The van der Waals surface area contributed by atoms with Crippen molar-refractivity contribution in [1.82, 2.24) is 10.6 Å². The summed E-state index contributed by atoms with van der Waals surface area (Å²) in [6.45, 7) is 0.920. The zero-order valence-corrected chi connectivity index (χ0v) is 19.8. The highest BCUT2D eigenvalue weighted by Crippen LogP contribution is 2.36. The second-order valence-corrected chi connectivity index (χ2v) is 8.06. The Morgan fingerprint density at radius 1 is 0.657 bits per heavy atom. The van der Waals surface area contributed by atoms with Crippen molar-refractivity contribution in [3.63, 3.8) is 0 Å². The number of methoxy groups -OCH3 is 1. The number of carbonyl (C=O) groups excluding carboxylic acids is 1. The number of amides is 1. The third kappa shape index (κ3) is 5.70. The quantitative estimate of drug-likeness (QED) is 0.247. The van der Waals surface area contributed by atoms with Crippen LogP contribution in [0.15, 0.2) is 115 Å². The molecule has 0 spiro atoms. The van der Waals surface area contributed by atoms with Crippen LogP contribution in [0.3, 0.4) is 0 Å². The van der Waals surface area contributed by atoms with E-state index >= 15 is 0 Å². The van der Waals surface area contributed by atoms with Gasteiger partial charge < -0.3 is 14.8 Å². The summed E-state index contributed by atoms with van der Waals surface area (Å²) < 4.78 is 10.9. The van der Waals surface area contributed by atoms with E-state index in [-0.39, 0.29) is 12.5 Å². The van der Waals surface area contributed by atoms with Gasteiger partial charge in [-0.25, -0.2) is 0 Å². The van der Waals surface area contributed by atoms with Crippen molar-refractivity contribution in [1.29, 1.82) is 0 Å². The van der Waals surface area contributed by atoms with Gasteiger partial charge in [0.05, 0.1) is 12.6 Å². The van der Waals surface area contributed by atoms with Crippen LogP contribution in [-0.2, 0) is 10.3 Å². The number of benzene rings is 4. The normalized spacial score (nSPS) is 11.0. The number of nitrogens with one attached hydrogen (secondary N) is 2. The highest BCUT2D eigenvalue weighted by atomic mass is 16.5. The molecule has 4 aromatic carbocycles. The molecule has 35 heavy (non-hydrogen) atoms. The number of hydrogen-bond donors (Lipinski definition) is 2. The van der Waals surface area contributed by atoms with Crippen LogP contribution in [0.2, 0.25) is 0 Å². The van der Waals surface area contributed by atoms with Crippen LogP contribution in [0.1, 0.15) is 16.7 Å². The third-order valence-corrected chi connectivity index (χ3v) is 5.89. The van der Waals surface area contributed by atoms with Crippen LogP contribution >= 0.6 is 0 Å². The standard InChI is InChI=1S/C30H30N2O3/c1-34-27-19-11-12-20-28(27)35-23-29(33)31-21-22-32-30(24-13-5-2-6-14-24,25-15-7-3-8-16-25)26-17-9-4-10-18-26/h2-20,32H,21-23H2,1H3,(H,31,33). The largest absolute Gasteiger partial charge is 0.493 e. The first-order chi connectivity index (χ1) is 17.2. The summed E-state index contributed by atoms with van der Waals surface area (Å²) >= 11 is 0. The van der Waals surface area contributed by atoms with Crippen molar-refractivity contribution in [3.05, 3.63) is 132 Å². The van der Waals surface area contributed by atoms with Crippen molar-refractivity contribution < 1.29 is 14.3 Å². The van der Waals surface area contributed by atoms with Crippen LogP contribution < -0.4 is 20.1 Å². The van der Waals surface area contributed by atoms with Gasteiger partial charge in [0.2, 0.25) is 0 Å². The average molecular weight is 467 g/mol. The summed E-state index contributed by atoms with van der Waals surface area (Å²) in [5.74, 6) is 0.947. The fourth-order valence-corrected chi connectivity index (χ4v) is 4.25. The van der Waals surface area contributed by atoms with Gasteiger partial charge in [-0.3, -0.25) is 10.1 Å². The molecule has 5 nitrogen and oxygen atoms in total. The van der Waals surface area contributed by atoms with E-state index in [4.69, 9.17) is 9.47 Å². The van der Waals surface area contributed by atoms with Crippen LogP contribution in [0, 0.1) is 0 Å². The third-order valence-electron chi connectivity index (χ3n) is 5.89. The Morgan fingerprint density at radius 2 is 1.11 bits per heavy atom. The molecule has 0 aliphatic rings. The van der Waals surface area contributed by atoms with Gasteiger partial charge in [-0.05, 0) is 28.8 Å². The first kappa shape index (κ1) is 24.0. The van der Waals surface area contributed by atoms with Crippen LogP contribution in [-0.4, -0.2) is 32.7 Å². The molecule has 4 rings (SSSR count). The predicted molar refractivity (Wildman–Crippen MR) is 139 cm³/mol. The lowest BCUT2D eigenvalue weighted by molar-refractivity contribution is -0.123. The predicted octanol–water partition coefficient (Wildman–Crippen LogP) is 4.77. The molecule has 5 heteroatoms. The zero-order valence-electron chi connectivity index (χ0n) is 19.8. The minimum atomic E-state index is -0.567. The molecule has 0 bridgehead atoms. The molecular weight excluding hydrogens is 436 g/mol. The van der Waals surface area contributed by atoms with Crippen LogP contribution in [0.25, 0.3) is 0 Å². The Labute approximate surface area is 206 Å². The smallest absolute Gasteiger partial charge is 0.257 e. The van der Waals surface area contributed by atoms with Gasteiger partial charge in [-0.15, -0.1) is 0 Å². The molecule has 1 amide bonds. The molecule has 0 saturated carbocycles. The maximum atomic E-state index is 12.4. The molecular formula is C30H30N2O3. The van der Waals surface area contributed by atoms with Crippen molar-refractivity contribution in [2.75, 3.05) is 26.8 Å². The van der Waals surface area contributed by atoms with Crippen molar-refractivity contribution in [2.24, 2.45) is 0 Å². The Kier molecular flexibility index (Phi) is 8.15. The van der Waals surface area contributed by atoms with E-state index in [2.05, 4.69) is 83.4 Å². The van der Waals surface area contributed by atoms with Gasteiger partial charge in [0.1, 0.15) is 0 Å². The Balaban J connectivity index is 1.48. The summed E-state index contributed by atoms with van der Waals surface area (Å²) in [7, 11) is 1.58. The molecule has 0 aliphatic carbocycles. The molecule has 0 aromatic heterocycles. The SMILES string of the molecule is COc1ccccc1OCC(=O)NCCNC(c1ccccc1)(c1ccccc1)c1ccccc1. The lowest BCUT2D eigenvalue weighted by atomic mass is 9.77. The van der Waals surface area contributed by atoms with Gasteiger partial charge >= 0.3 is 0 Å². The molecule has 0 fully saturated rings. The number of hydrogen-bond acceptors (Lipinski definition) is 4. The summed E-state index contributed by atoms with van der Waals surface area (Å²) in [6, 6.07) is 38.4. The Hall–Kier alpha value is -4.09. The molecule has 0 heterocycles. The molecule has 4 aromatic rings. The lowest BCUT2D eigenvalue weighted by Gasteiger charge is -2.37. The van der Waals surface area contributed by atoms with Crippen molar-refractivity contribution in [2.45, 2.75) is 5.54 Å². The molecule has 0 aliphatic heterocycles. The average Bonchev–Trinajstić information content (AvgIpc) is 2.93. The number of ether oxygens (including phenoxy) is 2. The van der Waals surface area contributed by atoms with E-state index < -0.39 is 5.54 Å². The van der Waals surface area contributed by atoms with Crippen LogP contribution in [0.5, 0.6) is 11.5 Å². The van der Waals surface area contributed by atoms with E-state index in [9.17, 15) is 4.79 Å². The minimum Gasteiger partial charge on any atom is -0.493 e. The molecule has 0 unspecified atom stereocenters. The fraction of sp³-hybridized carbons (Fsp3) is 0.167. The first-order valence-electron chi connectivity index (χ1n) is 11.7. The van der Waals surface area contributed by atoms with Gasteiger partial charge in [-0.2, -0.15) is 0 Å². The van der Waals surface area contributed by atoms with Gasteiger partial charge in [0.25, 0.3) is 5.91 Å². The zero-order chi connectivity index (χ0) is 24.3. The Bertz CT molecular complexity index is 1100. The van der Waals surface area contributed by atoms with E-state index in [1.54, 1.807) is 19.2 Å². The van der Waals surface area contributed by atoms with Crippen molar-refractivity contribution in [3.8, 4) is 11.5 Å². The van der Waals surface area contributed by atoms with E-state index in [1.807, 2.05) is 30.3 Å². The van der Waals surface area contributed by atoms with E-state index in [0.29, 0.717) is 24.6 Å². The number of para-hydroxylation sites is 2. The molecule has 178 valence electrons. The van der Waals surface area contributed by atoms with E-state index in [0.717, 1.165) is 16.7 Å². The number of carbonyl (C=O) groups is 1. The highest BCUT2D eigenvalue weighted by Gasteiger charge is 2.35. The summed E-state index contributed by atoms with van der Waals surface area (Å²) in [4.78, 5) is 12.4. The second kappa shape index (κ2) is 11.9. The second-order valence-electron chi connectivity index (χ2n) is 8.06. The van der Waals surface area contributed by atoms with Gasteiger partial charge in [0, 0.05) is 13.1 Å². The van der Waals surface area contributed by atoms with Gasteiger partial charge in [-0.1, -0.05) is 103 Å². The van der Waals surface area contributed by atoms with E-state index in [1.165, 1.54) is 0 Å². The topological polar surface area (TPSA) is 59.6 Å². The summed E-state index contributed by atoms with van der Waals surface area (Å²) in [6.07, 6.45) is 0. The Morgan fingerprint density at radius 3 is 1.60 bits per heavy atom. The first-order valence-corrected chi connectivity index (χ1v) is 11.7. The lowest BCUT2D eigenvalue weighted by Crippen LogP contribution is -2.47. The number of rotatable bonds is 11. The molecule has 0 radical (unpaired) electrons. The summed E-state index contributed by atoms with van der Waals surface area (Å²) in [5.41, 5.74) is 2.82. The van der Waals surface area contributed by atoms with Crippen molar-refractivity contribution >= 4 is 5.91 Å². The minimum absolute atomic E-state index is 0.0818. The highest BCUT2D eigenvalue weighted by molar-refractivity contribution is 5.77. The molecule has 0 atom stereocenters. The maximum Gasteiger partial charge on any atom is 0.257 e. The summed E-state index contributed by atoms with van der Waals surface area (Å²) in [5, 5.41) is 6.70.